The number of hydrogen-bond acceptors (Lipinski definition) is 3. The molecule has 2 aromatic rings. The minimum absolute atomic E-state index is 0.0308. The summed E-state index contributed by atoms with van der Waals surface area (Å²) >= 11 is 0. The molecule has 0 saturated carbocycles. The number of para-hydroxylation sites is 1. The summed E-state index contributed by atoms with van der Waals surface area (Å²) in [6.07, 6.45) is 0.951. The minimum atomic E-state index is -0.950. The highest BCUT2D eigenvalue weighted by atomic mass is 16.5. The number of aromatic carboxylic acids is 1. The van der Waals surface area contributed by atoms with E-state index in [0.717, 1.165) is 16.9 Å². The third-order valence-corrected chi connectivity index (χ3v) is 3.85. The lowest BCUT2D eigenvalue weighted by Crippen LogP contribution is -2.26. The molecule has 1 amide bonds. The first-order chi connectivity index (χ1) is 11.5. The van der Waals surface area contributed by atoms with Crippen molar-refractivity contribution in [2.75, 3.05) is 14.2 Å². The topological polar surface area (TPSA) is 66.8 Å². The van der Waals surface area contributed by atoms with Gasteiger partial charge < -0.3 is 14.7 Å². The van der Waals surface area contributed by atoms with Gasteiger partial charge in [-0.2, -0.15) is 0 Å². The van der Waals surface area contributed by atoms with Gasteiger partial charge in [0.1, 0.15) is 5.75 Å². The number of carbonyl (C=O) groups is 2. The highest BCUT2D eigenvalue weighted by Crippen LogP contribution is 2.19. The third kappa shape index (κ3) is 4.59. The molecule has 0 unspecified atom stereocenters. The normalized spacial score (nSPS) is 10.2. The molecule has 0 saturated heterocycles. The number of amides is 1. The molecule has 0 atom stereocenters. The van der Waals surface area contributed by atoms with Crippen molar-refractivity contribution in [2.24, 2.45) is 0 Å². The van der Waals surface area contributed by atoms with E-state index < -0.39 is 5.97 Å². The fraction of sp³-hybridized carbons (Fsp3) is 0.263. The van der Waals surface area contributed by atoms with E-state index in [2.05, 4.69) is 0 Å². The van der Waals surface area contributed by atoms with Gasteiger partial charge in [0.25, 0.3) is 0 Å². The highest BCUT2D eigenvalue weighted by Gasteiger charge is 2.12. The number of carboxylic acid groups (broad SMARTS) is 1. The predicted octanol–water partition coefficient (Wildman–Crippen LogP) is 2.98. The number of methoxy groups -OCH3 is 1. The van der Waals surface area contributed by atoms with E-state index in [1.54, 1.807) is 43.3 Å². The summed E-state index contributed by atoms with van der Waals surface area (Å²) < 4.78 is 5.30. The van der Waals surface area contributed by atoms with Crippen LogP contribution < -0.4 is 4.74 Å². The summed E-state index contributed by atoms with van der Waals surface area (Å²) in [6, 6.07) is 14.2. The maximum absolute atomic E-state index is 12.3. The first-order valence-corrected chi connectivity index (χ1v) is 7.69. The molecule has 0 radical (unpaired) electrons. The number of carbonyl (C=O) groups excluding carboxylic acids is 1. The van der Waals surface area contributed by atoms with Gasteiger partial charge in [-0.25, -0.2) is 4.79 Å². The van der Waals surface area contributed by atoms with Gasteiger partial charge in [0, 0.05) is 25.6 Å². The predicted molar refractivity (Wildman–Crippen MR) is 91.2 cm³/mol. The number of nitrogens with zero attached hydrogens (tertiary/aromatic N) is 1. The van der Waals surface area contributed by atoms with Gasteiger partial charge >= 0.3 is 5.97 Å². The maximum Gasteiger partial charge on any atom is 0.335 e. The van der Waals surface area contributed by atoms with Crippen molar-refractivity contribution >= 4 is 11.9 Å². The van der Waals surface area contributed by atoms with Crippen molar-refractivity contribution in [3.05, 3.63) is 65.2 Å². The zero-order valence-corrected chi connectivity index (χ0v) is 13.9. The average molecular weight is 327 g/mol. The maximum atomic E-state index is 12.3. The molecule has 0 aromatic heterocycles. The Morgan fingerprint density at radius 2 is 1.75 bits per heavy atom. The second kappa shape index (κ2) is 8.15. The molecule has 0 fully saturated rings. The van der Waals surface area contributed by atoms with Crippen LogP contribution in [-0.4, -0.2) is 36.0 Å². The van der Waals surface area contributed by atoms with Gasteiger partial charge in [-0.05, 0) is 30.2 Å². The summed E-state index contributed by atoms with van der Waals surface area (Å²) in [5, 5.41) is 8.88. The number of rotatable bonds is 7. The number of ether oxygens (including phenoxy) is 1. The molecular formula is C19H21NO4. The van der Waals surface area contributed by atoms with Crippen LogP contribution in [0, 0.1) is 0 Å². The van der Waals surface area contributed by atoms with E-state index >= 15 is 0 Å². The van der Waals surface area contributed by atoms with Crippen LogP contribution in [0.5, 0.6) is 5.75 Å². The van der Waals surface area contributed by atoms with Gasteiger partial charge in [0.2, 0.25) is 5.91 Å². The Morgan fingerprint density at radius 3 is 2.38 bits per heavy atom. The second-order valence-electron chi connectivity index (χ2n) is 5.56. The van der Waals surface area contributed by atoms with Crippen molar-refractivity contribution in [1.29, 1.82) is 0 Å². The van der Waals surface area contributed by atoms with E-state index in [1.165, 1.54) is 0 Å². The van der Waals surface area contributed by atoms with Crippen molar-refractivity contribution < 1.29 is 19.4 Å². The molecule has 5 heteroatoms. The van der Waals surface area contributed by atoms with E-state index in [1.807, 2.05) is 24.3 Å². The monoisotopic (exact) mass is 327 g/mol. The molecule has 2 rings (SSSR count). The van der Waals surface area contributed by atoms with E-state index in [9.17, 15) is 9.59 Å². The van der Waals surface area contributed by atoms with Gasteiger partial charge in [0.05, 0.1) is 12.7 Å². The number of benzene rings is 2. The van der Waals surface area contributed by atoms with Crippen LogP contribution in [0.3, 0.4) is 0 Å². The summed E-state index contributed by atoms with van der Waals surface area (Å²) in [5.74, 6) is -0.154. The van der Waals surface area contributed by atoms with E-state index in [0.29, 0.717) is 19.4 Å². The van der Waals surface area contributed by atoms with E-state index in [4.69, 9.17) is 9.84 Å². The Labute approximate surface area is 141 Å². The smallest absolute Gasteiger partial charge is 0.335 e. The molecule has 1 N–H and O–H groups in total. The van der Waals surface area contributed by atoms with Crippen LogP contribution in [0.2, 0.25) is 0 Å². The molecule has 0 aliphatic heterocycles. The quantitative estimate of drug-likeness (QED) is 0.849. The molecule has 2 aromatic carbocycles. The van der Waals surface area contributed by atoms with Crippen molar-refractivity contribution in [2.45, 2.75) is 19.4 Å². The summed E-state index contributed by atoms with van der Waals surface area (Å²) in [5.41, 5.74) is 2.15. The molecule has 0 bridgehead atoms. The van der Waals surface area contributed by atoms with Gasteiger partial charge in [-0.3, -0.25) is 4.79 Å². The summed E-state index contributed by atoms with van der Waals surface area (Å²) in [6.45, 7) is 0.487. The number of aryl methyl sites for hydroxylation is 1. The number of carboxylic acids is 1. The largest absolute Gasteiger partial charge is 0.496 e. The zero-order chi connectivity index (χ0) is 17.5. The molecule has 5 nitrogen and oxygen atoms in total. The van der Waals surface area contributed by atoms with Gasteiger partial charge in [-0.1, -0.05) is 30.3 Å². The summed E-state index contributed by atoms with van der Waals surface area (Å²) in [7, 11) is 3.38. The lowest BCUT2D eigenvalue weighted by atomic mass is 10.1. The van der Waals surface area contributed by atoms with Crippen LogP contribution in [0.1, 0.15) is 27.9 Å². The van der Waals surface area contributed by atoms with Crippen LogP contribution in [-0.2, 0) is 17.8 Å². The molecular weight excluding hydrogens is 306 g/mol. The Kier molecular flexibility index (Phi) is 5.95. The molecule has 126 valence electrons. The van der Waals surface area contributed by atoms with Gasteiger partial charge in [-0.15, -0.1) is 0 Å². The lowest BCUT2D eigenvalue weighted by molar-refractivity contribution is -0.130. The molecule has 0 spiro atoms. The highest BCUT2D eigenvalue weighted by molar-refractivity contribution is 5.87. The van der Waals surface area contributed by atoms with Crippen LogP contribution in [0.4, 0.5) is 0 Å². The van der Waals surface area contributed by atoms with Crippen molar-refractivity contribution in [3.8, 4) is 5.75 Å². The standard InChI is InChI=1S/C19H21NO4/c1-20(13-16-5-3-4-6-17(16)24-2)18(21)12-9-14-7-10-15(11-8-14)19(22)23/h3-8,10-11H,9,12-13H2,1-2H3,(H,22,23). The zero-order valence-electron chi connectivity index (χ0n) is 13.9. The molecule has 0 aliphatic rings. The van der Waals surface area contributed by atoms with Crippen molar-refractivity contribution in [1.82, 2.24) is 4.90 Å². The first-order valence-electron chi connectivity index (χ1n) is 7.69. The lowest BCUT2D eigenvalue weighted by Gasteiger charge is -2.19. The Hall–Kier alpha value is -2.82. The Balaban J connectivity index is 1.90. The van der Waals surface area contributed by atoms with E-state index in [-0.39, 0.29) is 11.5 Å². The summed E-state index contributed by atoms with van der Waals surface area (Å²) in [4.78, 5) is 24.8. The SMILES string of the molecule is COc1ccccc1CN(C)C(=O)CCc1ccc(C(=O)O)cc1. The average Bonchev–Trinajstić information content (AvgIpc) is 2.60. The second-order valence-corrected chi connectivity index (χ2v) is 5.56. The Bertz CT molecular complexity index is 710. The number of hydrogen-bond donors (Lipinski definition) is 1. The van der Waals surface area contributed by atoms with Crippen LogP contribution in [0.25, 0.3) is 0 Å². The van der Waals surface area contributed by atoms with Crippen LogP contribution >= 0.6 is 0 Å². The van der Waals surface area contributed by atoms with Gasteiger partial charge in [0.15, 0.2) is 0 Å². The fourth-order valence-electron chi connectivity index (χ4n) is 2.43. The molecule has 0 aliphatic carbocycles. The molecule has 0 heterocycles. The minimum Gasteiger partial charge on any atom is -0.496 e. The Morgan fingerprint density at radius 1 is 1.08 bits per heavy atom. The first kappa shape index (κ1) is 17.5. The van der Waals surface area contributed by atoms with Crippen molar-refractivity contribution in [3.63, 3.8) is 0 Å². The third-order valence-electron chi connectivity index (χ3n) is 3.85. The van der Waals surface area contributed by atoms with Crippen LogP contribution in [0.15, 0.2) is 48.5 Å². The molecule has 24 heavy (non-hydrogen) atoms. The fourth-order valence-corrected chi connectivity index (χ4v) is 2.43.